The molecule has 0 unspecified atom stereocenters. The second-order valence-electron chi connectivity index (χ2n) is 5.62. The molecule has 0 saturated carbocycles. The summed E-state index contributed by atoms with van der Waals surface area (Å²) in [6.45, 7) is 0. The van der Waals surface area contributed by atoms with Crippen molar-refractivity contribution in [3.8, 4) is 17.2 Å². The first kappa shape index (κ1) is 20.8. The molecule has 0 fully saturated rings. The molecule has 2 N–H and O–H groups in total. The van der Waals surface area contributed by atoms with E-state index in [2.05, 4.69) is 15.8 Å². The van der Waals surface area contributed by atoms with Gasteiger partial charge in [0, 0.05) is 18.4 Å². The molecule has 0 aliphatic rings. The Bertz CT molecular complexity index is 851. The van der Waals surface area contributed by atoms with Crippen LogP contribution in [0.4, 0.5) is 5.69 Å². The maximum Gasteiger partial charge on any atom is 0.240 e. The molecule has 8 heteroatoms. The number of methoxy groups -OCH3 is 3. The van der Waals surface area contributed by atoms with Crippen LogP contribution in [0.15, 0.2) is 47.6 Å². The van der Waals surface area contributed by atoms with Crippen LogP contribution in [0, 0.1) is 0 Å². The number of ether oxygens (including phenoxy) is 3. The zero-order valence-corrected chi connectivity index (χ0v) is 16.0. The van der Waals surface area contributed by atoms with Gasteiger partial charge in [-0.15, -0.1) is 0 Å². The molecule has 0 spiro atoms. The lowest BCUT2D eigenvalue weighted by Gasteiger charge is -2.10. The number of amides is 2. The molecule has 0 atom stereocenters. The van der Waals surface area contributed by atoms with Crippen LogP contribution >= 0.6 is 0 Å². The Morgan fingerprint density at radius 2 is 1.57 bits per heavy atom. The molecule has 8 nitrogen and oxygen atoms in total. The van der Waals surface area contributed by atoms with Gasteiger partial charge in [-0.1, -0.05) is 18.2 Å². The van der Waals surface area contributed by atoms with Gasteiger partial charge in [0.2, 0.25) is 11.8 Å². The van der Waals surface area contributed by atoms with Crippen molar-refractivity contribution < 1.29 is 23.8 Å². The lowest BCUT2D eigenvalue weighted by Crippen LogP contribution is -2.20. The van der Waals surface area contributed by atoms with Crippen molar-refractivity contribution in [1.29, 1.82) is 0 Å². The fourth-order valence-corrected chi connectivity index (χ4v) is 2.43. The average Bonchev–Trinajstić information content (AvgIpc) is 2.72. The summed E-state index contributed by atoms with van der Waals surface area (Å²) in [5, 5.41) is 6.62. The Kier molecular flexibility index (Phi) is 7.83. The van der Waals surface area contributed by atoms with Crippen molar-refractivity contribution in [2.45, 2.75) is 12.8 Å². The number of hydrazone groups is 1. The van der Waals surface area contributed by atoms with E-state index in [9.17, 15) is 9.59 Å². The number of hydrogen-bond acceptors (Lipinski definition) is 6. The molecule has 0 saturated heterocycles. The average molecular weight is 385 g/mol. The van der Waals surface area contributed by atoms with Crippen LogP contribution in [0.25, 0.3) is 0 Å². The van der Waals surface area contributed by atoms with Gasteiger partial charge >= 0.3 is 0 Å². The van der Waals surface area contributed by atoms with Crippen molar-refractivity contribution >= 4 is 23.7 Å². The van der Waals surface area contributed by atoms with E-state index in [-0.39, 0.29) is 24.7 Å². The third-order valence-electron chi connectivity index (χ3n) is 3.79. The van der Waals surface area contributed by atoms with E-state index in [0.29, 0.717) is 28.5 Å². The molecule has 28 heavy (non-hydrogen) atoms. The third-order valence-corrected chi connectivity index (χ3v) is 3.79. The molecular formula is C20H23N3O5. The van der Waals surface area contributed by atoms with Gasteiger partial charge in [-0.05, 0) is 24.3 Å². The SMILES string of the molecule is COc1ccccc1NC(=O)CCC(=O)NN=Cc1cccc(OC)c1OC. The molecule has 2 amide bonds. The van der Waals surface area contributed by atoms with E-state index in [4.69, 9.17) is 14.2 Å². The summed E-state index contributed by atoms with van der Waals surface area (Å²) in [6.07, 6.45) is 1.46. The van der Waals surface area contributed by atoms with Crippen molar-refractivity contribution in [2.24, 2.45) is 5.10 Å². The predicted octanol–water partition coefficient (Wildman–Crippen LogP) is 2.58. The first-order valence-electron chi connectivity index (χ1n) is 8.54. The highest BCUT2D eigenvalue weighted by Crippen LogP contribution is 2.29. The van der Waals surface area contributed by atoms with E-state index >= 15 is 0 Å². The molecular weight excluding hydrogens is 362 g/mol. The van der Waals surface area contributed by atoms with E-state index in [1.165, 1.54) is 27.5 Å². The molecule has 0 aromatic heterocycles. The Morgan fingerprint density at radius 3 is 2.29 bits per heavy atom. The van der Waals surface area contributed by atoms with E-state index in [1.54, 1.807) is 42.5 Å². The highest BCUT2D eigenvalue weighted by molar-refractivity contribution is 5.94. The van der Waals surface area contributed by atoms with Crippen LogP contribution in [0.5, 0.6) is 17.2 Å². The largest absolute Gasteiger partial charge is 0.495 e. The quantitative estimate of drug-likeness (QED) is 0.511. The molecule has 0 aliphatic carbocycles. The van der Waals surface area contributed by atoms with Crippen molar-refractivity contribution in [2.75, 3.05) is 26.6 Å². The van der Waals surface area contributed by atoms with Crippen LogP contribution in [0.2, 0.25) is 0 Å². The molecule has 2 aromatic carbocycles. The maximum atomic E-state index is 12.0. The summed E-state index contributed by atoms with van der Waals surface area (Å²) >= 11 is 0. The van der Waals surface area contributed by atoms with Crippen LogP contribution in [0.1, 0.15) is 18.4 Å². The number of benzene rings is 2. The summed E-state index contributed by atoms with van der Waals surface area (Å²) in [4.78, 5) is 23.9. The Hall–Kier alpha value is -3.55. The van der Waals surface area contributed by atoms with Gasteiger partial charge < -0.3 is 19.5 Å². The fourth-order valence-electron chi connectivity index (χ4n) is 2.43. The lowest BCUT2D eigenvalue weighted by atomic mass is 10.2. The summed E-state index contributed by atoms with van der Waals surface area (Å²) < 4.78 is 15.7. The minimum absolute atomic E-state index is 0.00638. The van der Waals surface area contributed by atoms with Crippen molar-refractivity contribution in [3.63, 3.8) is 0 Å². The van der Waals surface area contributed by atoms with E-state index < -0.39 is 0 Å². The molecule has 0 aliphatic heterocycles. The van der Waals surface area contributed by atoms with Crippen LogP contribution < -0.4 is 25.0 Å². The summed E-state index contributed by atoms with van der Waals surface area (Å²) in [5.74, 6) is 0.952. The Balaban J connectivity index is 1.84. The van der Waals surface area contributed by atoms with Gasteiger partial charge in [-0.2, -0.15) is 5.10 Å². The number of nitrogens with zero attached hydrogens (tertiary/aromatic N) is 1. The smallest absolute Gasteiger partial charge is 0.240 e. The number of hydrogen-bond donors (Lipinski definition) is 2. The van der Waals surface area contributed by atoms with Crippen LogP contribution in [0.3, 0.4) is 0 Å². The number of para-hydroxylation sites is 3. The lowest BCUT2D eigenvalue weighted by molar-refractivity contribution is -0.124. The predicted molar refractivity (Wildman–Crippen MR) is 106 cm³/mol. The monoisotopic (exact) mass is 385 g/mol. The van der Waals surface area contributed by atoms with Gasteiger partial charge in [0.1, 0.15) is 5.75 Å². The molecule has 0 bridgehead atoms. The van der Waals surface area contributed by atoms with E-state index in [1.807, 2.05) is 0 Å². The topological polar surface area (TPSA) is 98.2 Å². The molecule has 148 valence electrons. The second-order valence-corrected chi connectivity index (χ2v) is 5.62. The zero-order valence-electron chi connectivity index (χ0n) is 16.0. The van der Waals surface area contributed by atoms with E-state index in [0.717, 1.165) is 0 Å². The molecule has 2 rings (SSSR count). The Labute approximate surface area is 163 Å². The minimum atomic E-state index is -0.381. The van der Waals surface area contributed by atoms with Gasteiger partial charge in [0.05, 0.1) is 33.2 Å². The number of carbonyl (C=O) groups is 2. The van der Waals surface area contributed by atoms with Crippen molar-refractivity contribution in [3.05, 3.63) is 48.0 Å². The highest BCUT2D eigenvalue weighted by Gasteiger charge is 2.10. The highest BCUT2D eigenvalue weighted by atomic mass is 16.5. The van der Waals surface area contributed by atoms with Gasteiger partial charge in [-0.3, -0.25) is 9.59 Å². The normalized spacial score (nSPS) is 10.4. The summed E-state index contributed by atoms with van der Waals surface area (Å²) in [6, 6.07) is 12.4. The summed E-state index contributed by atoms with van der Waals surface area (Å²) in [5.41, 5.74) is 3.59. The standard InChI is InChI=1S/C20H23N3O5/c1-26-16-9-5-4-8-15(16)22-18(24)11-12-19(25)23-21-13-14-7-6-10-17(27-2)20(14)28-3/h4-10,13H,11-12H2,1-3H3,(H,22,24)(H,23,25). The summed E-state index contributed by atoms with van der Waals surface area (Å²) in [7, 11) is 4.58. The second kappa shape index (κ2) is 10.6. The van der Waals surface area contributed by atoms with Gasteiger partial charge in [0.25, 0.3) is 0 Å². The van der Waals surface area contributed by atoms with Crippen molar-refractivity contribution in [1.82, 2.24) is 5.43 Å². The minimum Gasteiger partial charge on any atom is -0.495 e. The number of carbonyl (C=O) groups excluding carboxylic acids is 2. The number of anilines is 1. The van der Waals surface area contributed by atoms with Crippen LogP contribution in [-0.4, -0.2) is 39.4 Å². The van der Waals surface area contributed by atoms with Gasteiger partial charge in [-0.25, -0.2) is 5.43 Å². The maximum absolute atomic E-state index is 12.0. The Morgan fingerprint density at radius 1 is 0.893 bits per heavy atom. The molecule has 0 radical (unpaired) electrons. The fraction of sp³-hybridized carbons (Fsp3) is 0.250. The van der Waals surface area contributed by atoms with Gasteiger partial charge in [0.15, 0.2) is 11.5 Å². The number of nitrogens with one attached hydrogen (secondary N) is 2. The first-order valence-corrected chi connectivity index (χ1v) is 8.54. The molecule has 2 aromatic rings. The third kappa shape index (κ3) is 5.73. The number of rotatable bonds is 9. The molecule has 0 heterocycles. The van der Waals surface area contributed by atoms with Crippen LogP contribution in [-0.2, 0) is 9.59 Å². The zero-order chi connectivity index (χ0) is 20.4. The first-order chi connectivity index (χ1) is 13.6.